The summed E-state index contributed by atoms with van der Waals surface area (Å²) < 4.78 is 12.3. The van der Waals surface area contributed by atoms with Gasteiger partial charge >= 0.3 is 5.97 Å². The monoisotopic (exact) mass is 545 g/mol. The van der Waals surface area contributed by atoms with Crippen LogP contribution in [0, 0.1) is 14.9 Å². The van der Waals surface area contributed by atoms with Crippen LogP contribution in [0.4, 0.5) is 0 Å². The first-order valence-electron chi connectivity index (χ1n) is 9.12. The number of carboxylic acids is 1. The largest absolute Gasteiger partial charge is 0.493 e. The van der Waals surface area contributed by atoms with E-state index < -0.39 is 5.97 Å². The smallest absolute Gasteiger partial charge is 0.335 e. The number of ether oxygens (including phenoxy) is 2. The van der Waals surface area contributed by atoms with Gasteiger partial charge in [0.2, 0.25) is 0 Å². The summed E-state index contributed by atoms with van der Waals surface area (Å²) in [5.74, 6) is 0.105. The first-order chi connectivity index (χ1) is 14.9. The summed E-state index contributed by atoms with van der Waals surface area (Å²) in [5.41, 5.74) is 2.81. The first-order valence-corrected chi connectivity index (χ1v) is 10.6. The number of nitriles is 1. The van der Waals surface area contributed by atoms with Crippen molar-refractivity contribution in [3.63, 3.8) is 0 Å². The number of allylic oxidation sites excluding steroid dienone is 1. The second-order valence-electron chi connectivity index (χ2n) is 6.47. The number of benzene rings is 3. The molecule has 156 valence electrons. The molecule has 0 spiro atoms. The summed E-state index contributed by atoms with van der Waals surface area (Å²) in [6.45, 7) is 0.292. The molecule has 1 N–H and O–H groups in total. The number of carbonyl (C=O) groups is 1. The van der Waals surface area contributed by atoms with Gasteiger partial charge in [-0.25, -0.2) is 4.79 Å². The van der Waals surface area contributed by atoms with Gasteiger partial charge in [-0.2, -0.15) is 5.26 Å². The third-order valence-corrected chi connectivity index (χ3v) is 5.63. The molecule has 0 unspecified atom stereocenters. The van der Waals surface area contributed by atoms with Crippen LogP contribution in [0.15, 0.2) is 60.7 Å². The van der Waals surface area contributed by atoms with Crippen molar-refractivity contribution in [2.45, 2.75) is 6.61 Å². The molecular weight excluding hydrogens is 529 g/mol. The van der Waals surface area contributed by atoms with E-state index in [0.29, 0.717) is 34.3 Å². The standard InChI is InChI=1S/C24H17ClINO4/c1-30-22-12-15(10-19(13-27)16-6-8-17(9-7-16)24(28)29)11-21(26)23(22)31-14-18-4-2-3-5-20(18)25/h2-12H,14H2,1H3,(H,28,29)/b19-10-. The van der Waals surface area contributed by atoms with Gasteiger partial charge < -0.3 is 14.6 Å². The van der Waals surface area contributed by atoms with Gasteiger partial charge in [0.1, 0.15) is 6.61 Å². The molecule has 0 radical (unpaired) electrons. The number of methoxy groups -OCH3 is 1. The molecule has 5 nitrogen and oxygen atoms in total. The normalized spacial score (nSPS) is 11.0. The molecule has 0 amide bonds. The molecule has 0 bridgehead atoms. The minimum absolute atomic E-state index is 0.164. The lowest BCUT2D eigenvalue weighted by Gasteiger charge is -2.14. The lowest BCUT2D eigenvalue weighted by atomic mass is 10.0. The Kier molecular flexibility index (Phi) is 7.55. The Bertz CT molecular complexity index is 1180. The fourth-order valence-corrected chi connectivity index (χ4v) is 3.84. The Morgan fingerprint density at radius 3 is 2.45 bits per heavy atom. The van der Waals surface area contributed by atoms with Gasteiger partial charge in [-0.05, 0) is 70.1 Å². The highest BCUT2D eigenvalue weighted by Gasteiger charge is 2.13. The Balaban J connectivity index is 1.89. The second-order valence-corrected chi connectivity index (χ2v) is 8.04. The van der Waals surface area contributed by atoms with E-state index in [-0.39, 0.29) is 5.56 Å². The predicted octanol–water partition coefficient (Wildman–Crippen LogP) is 6.29. The molecule has 0 aromatic heterocycles. The van der Waals surface area contributed by atoms with E-state index in [1.807, 2.05) is 30.3 Å². The van der Waals surface area contributed by atoms with Crippen molar-refractivity contribution in [3.8, 4) is 17.6 Å². The van der Waals surface area contributed by atoms with Gasteiger partial charge in [0.15, 0.2) is 11.5 Å². The summed E-state index contributed by atoms with van der Waals surface area (Å²) in [5, 5.41) is 19.3. The molecule has 31 heavy (non-hydrogen) atoms. The van der Waals surface area contributed by atoms with Crippen LogP contribution in [-0.2, 0) is 6.61 Å². The number of aromatic carboxylic acids is 1. The van der Waals surface area contributed by atoms with E-state index in [1.54, 1.807) is 31.4 Å². The first kappa shape index (κ1) is 22.7. The second kappa shape index (κ2) is 10.3. The van der Waals surface area contributed by atoms with E-state index >= 15 is 0 Å². The molecule has 0 fully saturated rings. The van der Waals surface area contributed by atoms with Gasteiger partial charge in [-0.1, -0.05) is 41.9 Å². The van der Waals surface area contributed by atoms with Crippen LogP contribution in [-0.4, -0.2) is 18.2 Å². The van der Waals surface area contributed by atoms with E-state index in [2.05, 4.69) is 28.7 Å². The number of nitrogens with zero attached hydrogens (tertiary/aromatic N) is 1. The van der Waals surface area contributed by atoms with Crippen LogP contribution >= 0.6 is 34.2 Å². The van der Waals surface area contributed by atoms with E-state index in [0.717, 1.165) is 14.7 Å². The molecule has 0 atom stereocenters. The molecule has 3 aromatic rings. The fraction of sp³-hybridized carbons (Fsp3) is 0.0833. The van der Waals surface area contributed by atoms with Gasteiger partial charge in [0.25, 0.3) is 0 Å². The zero-order valence-electron chi connectivity index (χ0n) is 16.4. The molecule has 0 aliphatic carbocycles. The number of rotatable bonds is 7. The molecule has 0 aliphatic rings. The van der Waals surface area contributed by atoms with Crippen molar-refractivity contribution >= 4 is 51.8 Å². The number of hydrogen-bond acceptors (Lipinski definition) is 4. The minimum Gasteiger partial charge on any atom is -0.493 e. The molecule has 7 heteroatoms. The fourth-order valence-electron chi connectivity index (χ4n) is 2.87. The van der Waals surface area contributed by atoms with E-state index in [9.17, 15) is 10.1 Å². The third kappa shape index (κ3) is 5.57. The zero-order chi connectivity index (χ0) is 22.4. The van der Waals surface area contributed by atoms with Crippen molar-refractivity contribution in [1.82, 2.24) is 0 Å². The predicted molar refractivity (Wildman–Crippen MR) is 128 cm³/mol. The number of carboxylic acid groups (broad SMARTS) is 1. The van der Waals surface area contributed by atoms with Crippen molar-refractivity contribution in [3.05, 3.63) is 91.5 Å². The SMILES string of the molecule is COc1cc(/C=C(/C#N)c2ccc(C(=O)O)cc2)cc(I)c1OCc1ccccc1Cl. The van der Waals surface area contributed by atoms with Crippen LogP contribution < -0.4 is 9.47 Å². The molecule has 3 aromatic carbocycles. The average molecular weight is 546 g/mol. The van der Waals surface area contributed by atoms with Crippen LogP contribution in [0.1, 0.15) is 27.0 Å². The maximum absolute atomic E-state index is 11.0. The maximum Gasteiger partial charge on any atom is 0.335 e. The Morgan fingerprint density at radius 2 is 1.84 bits per heavy atom. The van der Waals surface area contributed by atoms with Crippen molar-refractivity contribution < 1.29 is 19.4 Å². The maximum atomic E-state index is 11.0. The van der Waals surface area contributed by atoms with Crippen molar-refractivity contribution in [2.75, 3.05) is 7.11 Å². The number of hydrogen-bond donors (Lipinski definition) is 1. The van der Waals surface area contributed by atoms with Crippen molar-refractivity contribution in [2.24, 2.45) is 0 Å². The molecule has 0 saturated carbocycles. The number of halogens is 2. The summed E-state index contributed by atoms with van der Waals surface area (Å²) in [6, 6.07) is 19.5. The quantitative estimate of drug-likeness (QED) is 0.214. The lowest BCUT2D eigenvalue weighted by molar-refractivity contribution is 0.0697. The molecule has 0 saturated heterocycles. The van der Waals surface area contributed by atoms with Crippen LogP contribution in [0.3, 0.4) is 0 Å². The van der Waals surface area contributed by atoms with Crippen LogP contribution in [0.2, 0.25) is 5.02 Å². The highest BCUT2D eigenvalue weighted by Crippen LogP contribution is 2.36. The summed E-state index contributed by atoms with van der Waals surface area (Å²) in [7, 11) is 1.55. The zero-order valence-corrected chi connectivity index (χ0v) is 19.3. The van der Waals surface area contributed by atoms with Gasteiger partial charge in [-0.15, -0.1) is 0 Å². The topological polar surface area (TPSA) is 79.5 Å². The Labute approximate surface area is 198 Å². The highest BCUT2D eigenvalue weighted by atomic mass is 127. The van der Waals surface area contributed by atoms with E-state index in [1.165, 1.54) is 12.1 Å². The van der Waals surface area contributed by atoms with Crippen LogP contribution in [0.5, 0.6) is 11.5 Å². The Morgan fingerprint density at radius 1 is 1.16 bits per heavy atom. The summed E-state index contributed by atoms with van der Waals surface area (Å²) in [6.07, 6.45) is 1.72. The van der Waals surface area contributed by atoms with E-state index in [4.69, 9.17) is 26.2 Å². The summed E-state index contributed by atoms with van der Waals surface area (Å²) >= 11 is 8.36. The third-order valence-electron chi connectivity index (χ3n) is 4.46. The molecule has 0 heterocycles. The minimum atomic E-state index is -1.01. The lowest BCUT2D eigenvalue weighted by Crippen LogP contribution is -2.00. The molecular formula is C24H17ClINO4. The average Bonchev–Trinajstić information content (AvgIpc) is 2.77. The van der Waals surface area contributed by atoms with Gasteiger partial charge in [0, 0.05) is 10.6 Å². The molecule has 3 rings (SSSR count). The molecule has 0 aliphatic heterocycles. The van der Waals surface area contributed by atoms with Gasteiger partial charge in [0.05, 0.1) is 27.9 Å². The highest BCUT2D eigenvalue weighted by molar-refractivity contribution is 14.1. The van der Waals surface area contributed by atoms with Gasteiger partial charge in [-0.3, -0.25) is 0 Å². The Hall–Kier alpha value is -3.02. The van der Waals surface area contributed by atoms with Crippen molar-refractivity contribution in [1.29, 1.82) is 5.26 Å². The van der Waals surface area contributed by atoms with Crippen LogP contribution in [0.25, 0.3) is 11.6 Å². The summed E-state index contributed by atoms with van der Waals surface area (Å²) in [4.78, 5) is 11.0.